The molecule has 2 unspecified atom stereocenters. The van der Waals surface area contributed by atoms with Gasteiger partial charge in [0.05, 0.1) is 22.5 Å². The van der Waals surface area contributed by atoms with Crippen LogP contribution in [0.1, 0.15) is 19.3 Å². The normalized spacial score (nSPS) is 26.9. The van der Waals surface area contributed by atoms with Crippen molar-refractivity contribution in [2.75, 3.05) is 4.90 Å². The molecule has 1 aliphatic heterocycles. The predicted molar refractivity (Wildman–Crippen MR) is 72.5 cm³/mol. The lowest BCUT2D eigenvalue weighted by molar-refractivity contribution is -0.122. The summed E-state index contributed by atoms with van der Waals surface area (Å²) >= 11 is 9.43. The van der Waals surface area contributed by atoms with E-state index in [1.54, 1.807) is 18.2 Å². The molecule has 1 saturated heterocycles. The van der Waals surface area contributed by atoms with Crippen molar-refractivity contribution in [3.05, 3.63) is 27.7 Å². The smallest absolute Gasteiger partial charge is 0.237 e. The molecule has 2 atom stereocenters. The molecule has 2 fully saturated rings. The standard InChI is InChI=1S/C13H11BrClNO2/c14-7-4-5-10(15)11(6-7)16-12(17)8-2-1-3-9(8)13(16)18/h4-6,8-9H,1-3H2. The Labute approximate surface area is 118 Å². The second kappa shape index (κ2) is 4.35. The number of anilines is 1. The molecule has 1 heterocycles. The van der Waals surface area contributed by atoms with E-state index in [0.29, 0.717) is 10.7 Å². The topological polar surface area (TPSA) is 37.4 Å². The minimum absolute atomic E-state index is 0.0949. The fraction of sp³-hybridized carbons (Fsp3) is 0.385. The van der Waals surface area contributed by atoms with E-state index in [-0.39, 0.29) is 23.7 Å². The molecule has 2 amide bonds. The van der Waals surface area contributed by atoms with Crippen molar-refractivity contribution in [1.29, 1.82) is 0 Å². The summed E-state index contributed by atoms with van der Waals surface area (Å²) in [6.45, 7) is 0. The molecule has 94 valence electrons. The number of carbonyl (C=O) groups is 2. The van der Waals surface area contributed by atoms with Gasteiger partial charge in [-0.05, 0) is 31.0 Å². The molecule has 2 aliphatic rings. The van der Waals surface area contributed by atoms with Gasteiger partial charge in [-0.3, -0.25) is 9.59 Å². The monoisotopic (exact) mass is 327 g/mol. The molecule has 0 aromatic heterocycles. The average Bonchev–Trinajstić information content (AvgIpc) is 2.89. The van der Waals surface area contributed by atoms with Crippen LogP contribution >= 0.6 is 27.5 Å². The van der Waals surface area contributed by atoms with Crippen molar-refractivity contribution in [3.8, 4) is 0 Å². The van der Waals surface area contributed by atoms with Crippen molar-refractivity contribution < 1.29 is 9.59 Å². The third-order valence-corrected chi connectivity index (χ3v) is 4.55. The highest BCUT2D eigenvalue weighted by Crippen LogP contribution is 2.43. The van der Waals surface area contributed by atoms with Crippen LogP contribution in [0.4, 0.5) is 5.69 Å². The van der Waals surface area contributed by atoms with E-state index >= 15 is 0 Å². The highest BCUT2D eigenvalue weighted by molar-refractivity contribution is 9.10. The maximum atomic E-state index is 12.3. The van der Waals surface area contributed by atoms with Gasteiger partial charge in [0.1, 0.15) is 0 Å². The molecule has 5 heteroatoms. The lowest BCUT2D eigenvalue weighted by Crippen LogP contribution is -2.31. The summed E-state index contributed by atoms with van der Waals surface area (Å²) < 4.78 is 0.805. The van der Waals surface area contributed by atoms with Gasteiger partial charge >= 0.3 is 0 Å². The van der Waals surface area contributed by atoms with Crippen LogP contribution < -0.4 is 4.90 Å². The van der Waals surface area contributed by atoms with E-state index in [1.807, 2.05) is 0 Å². The van der Waals surface area contributed by atoms with Crippen LogP contribution in [-0.4, -0.2) is 11.8 Å². The second-order valence-electron chi connectivity index (χ2n) is 4.75. The largest absolute Gasteiger partial charge is 0.274 e. The van der Waals surface area contributed by atoms with Crippen molar-refractivity contribution in [1.82, 2.24) is 0 Å². The molecule has 1 aromatic rings. The summed E-state index contributed by atoms with van der Waals surface area (Å²) in [7, 11) is 0. The van der Waals surface area contributed by atoms with E-state index in [0.717, 1.165) is 23.7 Å². The third kappa shape index (κ3) is 1.70. The Bertz CT molecular complexity index is 524. The van der Waals surface area contributed by atoms with Gasteiger partial charge in [-0.2, -0.15) is 0 Å². The van der Waals surface area contributed by atoms with Gasteiger partial charge in [0.25, 0.3) is 0 Å². The number of amides is 2. The maximum absolute atomic E-state index is 12.3. The summed E-state index contributed by atoms with van der Waals surface area (Å²) in [4.78, 5) is 25.9. The van der Waals surface area contributed by atoms with Crippen molar-refractivity contribution in [3.63, 3.8) is 0 Å². The lowest BCUT2D eigenvalue weighted by Gasteiger charge is -2.17. The Morgan fingerprint density at radius 1 is 1.17 bits per heavy atom. The Kier molecular flexibility index (Phi) is 2.94. The third-order valence-electron chi connectivity index (χ3n) is 3.74. The quantitative estimate of drug-likeness (QED) is 0.741. The predicted octanol–water partition coefficient (Wildman–Crippen LogP) is 3.39. The van der Waals surface area contributed by atoms with E-state index in [1.165, 1.54) is 4.90 Å². The van der Waals surface area contributed by atoms with Gasteiger partial charge in [0.15, 0.2) is 0 Å². The number of imide groups is 1. The highest BCUT2D eigenvalue weighted by Gasteiger charge is 2.50. The fourth-order valence-corrected chi connectivity index (χ4v) is 3.44. The zero-order valence-electron chi connectivity index (χ0n) is 9.53. The van der Waals surface area contributed by atoms with Crippen LogP contribution in [0.25, 0.3) is 0 Å². The first-order chi connectivity index (χ1) is 8.59. The van der Waals surface area contributed by atoms with Crippen molar-refractivity contribution in [2.24, 2.45) is 11.8 Å². The summed E-state index contributed by atoms with van der Waals surface area (Å²) in [6, 6.07) is 5.20. The summed E-state index contributed by atoms with van der Waals surface area (Å²) in [5.74, 6) is -0.454. The minimum atomic E-state index is -0.132. The average molecular weight is 329 g/mol. The van der Waals surface area contributed by atoms with Crippen molar-refractivity contribution in [2.45, 2.75) is 19.3 Å². The van der Waals surface area contributed by atoms with Gasteiger partial charge in [-0.25, -0.2) is 4.90 Å². The second-order valence-corrected chi connectivity index (χ2v) is 6.07. The zero-order valence-corrected chi connectivity index (χ0v) is 11.9. The molecule has 1 aliphatic carbocycles. The number of fused-ring (bicyclic) bond motifs is 1. The van der Waals surface area contributed by atoms with Gasteiger partial charge in [0.2, 0.25) is 11.8 Å². The van der Waals surface area contributed by atoms with Gasteiger partial charge in [-0.1, -0.05) is 34.0 Å². The number of hydrogen-bond acceptors (Lipinski definition) is 2. The van der Waals surface area contributed by atoms with Crippen LogP contribution in [-0.2, 0) is 9.59 Å². The Morgan fingerprint density at radius 2 is 1.78 bits per heavy atom. The van der Waals surface area contributed by atoms with Crippen LogP contribution in [0, 0.1) is 11.8 Å². The number of benzene rings is 1. The molecule has 1 aromatic carbocycles. The van der Waals surface area contributed by atoms with Gasteiger partial charge in [0, 0.05) is 4.47 Å². The molecule has 3 nitrogen and oxygen atoms in total. The lowest BCUT2D eigenvalue weighted by atomic mass is 10.00. The summed E-state index contributed by atoms with van der Waals surface area (Å²) in [6.07, 6.45) is 2.60. The fourth-order valence-electron chi connectivity index (χ4n) is 2.89. The Hall–Kier alpha value is -0.870. The van der Waals surface area contributed by atoms with Gasteiger partial charge < -0.3 is 0 Å². The number of halogens is 2. The molecule has 0 spiro atoms. The minimum Gasteiger partial charge on any atom is -0.274 e. The molecule has 1 saturated carbocycles. The van der Waals surface area contributed by atoms with Crippen molar-refractivity contribution >= 4 is 45.0 Å². The number of carbonyl (C=O) groups excluding carboxylic acids is 2. The van der Waals surface area contributed by atoms with Crippen LogP contribution in [0.5, 0.6) is 0 Å². The Balaban J connectivity index is 2.05. The first kappa shape index (κ1) is 12.2. The van der Waals surface area contributed by atoms with Gasteiger partial charge in [-0.15, -0.1) is 0 Å². The first-order valence-electron chi connectivity index (χ1n) is 5.92. The molecule has 3 rings (SSSR count). The first-order valence-corrected chi connectivity index (χ1v) is 7.09. The van der Waals surface area contributed by atoms with E-state index < -0.39 is 0 Å². The maximum Gasteiger partial charge on any atom is 0.237 e. The molecule has 0 radical (unpaired) electrons. The number of rotatable bonds is 1. The van der Waals surface area contributed by atoms with Crippen LogP contribution in [0.15, 0.2) is 22.7 Å². The summed E-state index contributed by atoms with van der Waals surface area (Å²) in [5.41, 5.74) is 0.496. The van der Waals surface area contributed by atoms with Crippen LogP contribution in [0.3, 0.4) is 0 Å². The molecule has 18 heavy (non-hydrogen) atoms. The molecular formula is C13H11BrClNO2. The molecular weight excluding hydrogens is 318 g/mol. The molecule has 0 bridgehead atoms. The van der Waals surface area contributed by atoms with Crippen LogP contribution in [0.2, 0.25) is 5.02 Å². The highest BCUT2D eigenvalue weighted by atomic mass is 79.9. The summed E-state index contributed by atoms with van der Waals surface area (Å²) in [5, 5.41) is 0.430. The number of hydrogen-bond donors (Lipinski definition) is 0. The molecule has 0 N–H and O–H groups in total. The van der Waals surface area contributed by atoms with E-state index in [4.69, 9.17) is 11.6 Å². The van der Waals surface area contributed by atoms with E-state index in [2.05, 4.69) is 15.9 Å². The number of nitrogens with zero attached hydrogens (tertiary/aromatic N) is 1. The van der Waals surface area contributed by atoms with E-state index in [9.17, 15) is 9.59 Å². The zero-order chi connectivity index (χ0) is 12.9. The Morgan fingerprint density at radius 3 is 2.39 bits per heavy atom. The SMILES string of the molecule is O=C1C2CCCC2C(=O)N1c1cc(Br)ccc1Cl.